The van der Waals surface area contributed by atoms with E-state index in [-0.39, 0.29) is 49.8 Å². The lowest BCUT2D eigenvalue weighted by molar-refractivity contribution is -0.117. The van der Waals surface area contributed by atoms with E-state index < -0.39 is 0 Å². The summed E-state index contributed by atoms with van der Waals surface area (Å²) in [5.41, 5.74) is 3.53. The van der Waals surface area contributed by atoms with Gasteiger partial charge in [-0.3, -0.25) is 9.69 Å². The molecular weight excluding hydrogens is 435 g/mol. The number of carbonyl (C=O) groups is 1. The van der Waals surface area contributed by atoms with Gasteiger partial charge in [-0.2, -0.15) is 0 Å². The number of aliphatic hydroxyl groups excluding tert-OH is 1. The van der Waals surface area contributed by atoms with Gasteiger partial charge >= 0.3 is 0 Å². The molecule has 2 aromatic carbocycles. The zero-order chi connectivity index (χ0) is 21.6. The number of para-hydroxylation sites is 1. The number of carbonyl (C=O) groups excluding carboxylic acids is 1. The number of hydrogen-bond donors (Lipinski definition) is 2. The Bertz CT molecular complexity index is 813. The predicted molar refractivity (Wildman–Crippen MR) is 120 cm³/mol. The van der Waals surface area contributed by atoms with Crippen LogP contribution in [-0.4, -0.2) is 35.6 Å². The Morgan fingerprint density at radius 1 is 1.14 bits per heavy atom. The first-order chi connectivity index (χ1) is 13.7. The SMILES string of the molecule is CC(C)c1cccc(C(C)C)c1NC(=O)CN(CCO)Cc1cc(Br)ccc1F. The summed E-state index contributed by atoms with van der Waals surface area (Å²) in [6.45, 7) is 8.88. The molecule has 0 radical (unpaired) electrons. The fourth-order valence-electron chi connectivity index (χ4n) is 3.34. The third-order valence-corrected chi connectivity index (χ3v) is 5.32. The summed E-state index contributed by atoms with van der Waals surface area (Å²) in [4.78, 5) is 14.6. The summed E-state index contributed by atoms with van der Waals surface area (Å²) in [6, 6.07) is 10.8. The number of hydrogen-bond acceptors (Lipinski definition) is 3. The predicted octanol–water partition coefficient (Wildman–Crippen LogP) is 5.27. The number of benzene rings is 2. The van der Waals surface area contributed by atoms with Crippen LogP contribution in [0, 0.1) is 5.82 Å². The molecule has 2 aromatic rings. The molecule has 0 aliphatic heterocycles. The van der Waals surface area contributed by atoms with E-state index in [1.165, 1.54) is 6.07 Å². The van der Waals surface area contributed by atoms with Gasteiger partial charge in [0.25, 0.3) is 0 Å². The van der Waals surface area contributed by atoms with E-state index in [1.54, 1.807) is 17.0 Å². The Balaban J connectivity index is 2.20. The van der Waals surface area contributed by atoms with Crippen LogP contribution in [0.25, 0.3) is 0 Å². The highest BCUT2D eigenvalue weighted by Gasteiger charge is 2.18. The molecule has 158 valence electrons. The number of amides is 1. The highest BCUT2D eigenvalue weighted by molar-refractivity contribution is 9.10. The molecule has 0 unspecified atom stereocenters. The lowest BCUT2D eigenvalue weighted by Gasteiger charge is -2.24. The van der Waals surface area contributed by atoms with Crippen molar-refractivity contribution in [2.75, 3.05) is 25.0 Å². The maximum atomic E-state index is 14.1. The Labute approximate surface area is 181 Å². The highest BCUT2D eigenvalue weighted by Crippen LogP contribution is 2.32. The second-order valence-electron chi connectivity index (χ2n) is 7.84. The number of anilines is 1. The van der Waals surface area contributed by atoms with Crippen LogP contribution >= 0.6 is 15.9 Å². The maximum Gasteiger partial charge on any atom is 0.238 e. The van der Waals surface area contributed by atoms with E-state index in [1.807, 2.05) is 18.2 Å². The second kappa shape index (κ2) is 10.9. The van der Waals surface area contributed by atoms with Crippen LogP contribution < -0.4 is 5.32 Å². The number of nitrogens with one attached hydrogen (secondary N) is 1. The lowest BCUT2D eigenvalue weighted by atomic mass is 9.92. The molecule has 0 spiro atoms. The van der Waals surface area contributed by atoms with Crippen molar-refractivity contribution in [2.45, 2.75) is 46.1 Å². The maximum absolute atomic E-state index is 14.1. The van der Waals surface area contributed by atoms with Crippen molar-refractivity contribution in [2.24, 2.45) is 0 Å². The quantitative estimate of drug-likeness (QED) is 0.531. The van der Waals surface area contributed by atoms with Crippen molar-refractivity contribution >= 4 is 27.5 Å². The molecule has 0 fully saturated rings. The molecule has 0 saturated heterocycles. The molecule has 6 heteroatoms. The summed E-state index contributed by atoms with van der Waals surface area (Å²) < 4.78 is 14.9. The number of aliphatic hydroxyl groups is 1. The zero-order valence-electron chi connectivity index (χ0n) is 17.5. The molecule has 4 nitrogen and oxygen atoms in total. The largest absolute Gasteiger partial charge is 0.395 e. The molecule has 0 aliphatic rings. The van der Waals surface area contributed by atoms with Crippen LogP contribution in [0.2, 0.25) is 0 Å². The van der Waals surface area contributed by atoms with Gasteiger partial charge in [0, 0.05) is 28.8 Å². The van der Waals surface area contributed by atoms with Crippen molar-refractivity contribution in [3.8, 4) is 0 Å². The topological polar surface area (TPSA) is 52.6 Å². The van der Waals surface area contributed by atoms with Crippen LogP contribution in [0.3, 0.4) is 0 Å². The van der Waals surface area contributed by atoms with Gasteiger partial charge in [0.05, 0.1) is 13.2 Å². The third-order valence-electron chi connectivity index (χ3n) is 4.82. The lowest BCUT2D eigenvalue weighted by Crippen LogP contribution is -2.35. The first-order valence-electron chi connectivity index (χ1n) is 9.92. The van der Waals surface area contributed by atoms with Crippen molar-refractivity contribution in [3.05, 3.63) is 63.4 Å². The standard InChI is InChI=1S/C23H30BrFN2O2/c1-15(2)19-6-5-7-20(16(3)4)23(19)26-22(29)14-27(10-11-28)13-17-12-18(24)8-9-21(17)25/h5-9,12,15-16,28H,10-11,13-14H2,1-4H3,(H,26,29). The average molecular weight is 465 g/mol. The average Bonchev–Trinajstić information content (AvgIpc) is 2.64. The van der Waals surface area contributed by atoms with Crippen LogP contribution in [0.1, 0.15) is 56.2 Å². The summed E-state index contributed by atoms with van der Waals surface area (Å²) in [5.74, 6) is 0.0364. The summed E-state index contributed by atoms with van der Waals surface area (Å²) in [5, 5.41) is 12.5. The van der Waals surface area contributed by atoms with Gasteiger partial charge in [-0.1, -0.05) is 61.8 Å². The monoisotopic (exact) mass is 464 g/mol. The van der Waals surface area contributed by atoms with Gasteiger partial charge in [-0.15, -0.1) is 0 Å². The molecule has 1 amide bonds. The van der Waals surface area contributed by atoms with E-state index in [2.05, 4.69) is 48.9 Å². The first-order valence-corrected chi connectivity index (χ1v) is 10.7. The number of halogens is 2. The van der Waals surface area contributed by atoms with Gasteiger partial charge in [-0.05, 0) is 41.2 Å². The minimum atomic E-state index is -0.330. The van der Waals surface area contributed by atoms with Crippen LogP contribution in [0.5, 0.6) is 0 Å². The normalized spacial score (nSPS) is 11.5. The Morgan fingerprint density at radius 3 is 2.31 bits per heavy atom. The van der Waals surface area contributed by atoms with E-state index in [0.717, 1.165) is 21.3 Å². The summed E-state index contributed by atoms with van der Waals surface area (Å²) in [7, 11) is 0. The summed E-state index contributed by atoms with van der Waals surface area (Å²) in [6.07, 6.45) is 0. The second-order valence-corrected chi connectivity index (χ2v) is 8.75. The minimum absolute atomic E-state index is 0.0660. The number of rotatable bonds is 9. The van der Waals surface area contributed by atoms with Crippen LogP contribution in [-0.2, 0) is 11.3 Å². The molecule has 0 saturated carbocycles. The molecule has 2 N–H and O–H groups in total. The van der Waals surface area contributed by atoms with Crippen LogP contribution in [0.15, 0.2) is 40.9 Å². The number of nitrogens with zero attached hydrogens (tertiary/aromatic N) is 1. The molecule has 29 heavy (non-hydrogen) atoms. The fraction of sp³-hybridized carbons (Fsp3) is 0.435. The fourth-order valence-corrected chi connectivity index (χ4v) is 3.75. The Morgan fingerprint density at radius 2 is 1.76 bits per heavy atom. The molecule has 0 bridgehead atoms. The molecule has 0 heterocycles. The molecule has 2 rings (SSSR count). The van der Waals surface area contributed by atoms with Gasteiger partial charge in [-0.25, -0.2) is 4.39 Å². The van der Waals surface area contributed by atoms with Crippen molar-refractivity contribution in [1.29, 1.82) is 0 Å². The molecular formula is C23H30BrFN2O2. The summed E-state index contributed by atoms with van der Waals surface area (Å²) >= 11 is 3.35. The first kappa shape index (κ1) is 23.5. The zero-order valence-corrected chi connectivity index (χ0v) is 19.1. The minimum Gasteiger partial charge on any atom is -0.395 e. The molecule has 0 atom stereocenters. The van der Waals surface area contributed by atoms with Gasteiger partial charge in [0.1, 0.15) is 5.82 Å². The molecule has 0 aromatic heterocycles. The van der Waals surface area contributed by atoms with Crippen LogP contribution in [0.4, 0.5) is 10.1 Å². The van der Waals surface area contributed by atoms with Crippen molar-refractivity contribution < 1.29 is 14.3 Å². The van der Waals surface area contributed by atoms with Gasteiger partial charge < -0.3 is 10.4 Å². The van der Waals surface area contributed by atoms with E-state index in [9.17, 15) is 14.3 Å². The Hall–Kier alpha value is -1.76. The highest BCUT2D eigenvalue weighted by atomic mass is 79.9. The van der Waals surface area contributed by atoms with E-state index in [0.29, 0.717) is 5.56 Å². The molecule has 0 aliphatic carbocycles. The van der Waals surface area contributed by atoms with E-state index >= 15 is 0 Å². The van der Waals surface area contributed by atoms with Gasteiger partial charge in [0.15, 0.2) is 0 Å². The van der Waals surface area contributed by atoms with Crippen molar-refractivity contribution in [1.82, 2.24) is 4.90 Å². The smallest absolute Gasteiger partial charge is 0.238 e. The van der Waals surface area contributed by atoms with Crippen molar-refractivity contribution in [3.63, 3.8) is 0 Å². The Kier molecular flexibility index (Phi) is 8.80. The van der Waals surface area contributed by atoms with E-state index in [4.69, 9.17) is 0 Å². The third kappa shape index (κ3) is 6.63. The van der Waals surface area contributed by atoms with Gasteiger partial charge in [0.2, 0.25) is 5.91 Å².